The first-order chi connectivity index (χ1) is 10.1. The number of benzene rings is 1. The number of nitro benzene ring substituents is 1. The second-order valence-electron chi connectivity index (χ2n) is 5.32. The molecule has 21 heavy (non-hydrogen) atoms. The molecule has 1 aliphatic rings. The van der Waals surface area contributed by atoms with E-state index >= 15 is 0 Å². The van der Waals surface area contributed by atoms with Gasteiger partial charge in [0.1, 0.15) is 5.56 Å². The number of aryl methyl sites for hydroxylation is 1. The van der Waals surface area contributed by atoms with Gasteiger partial charge in [-0.15, -0.1) is 0 Å². The molecule has 2 rings (SSSR count). The molecule has 0 spiro atoms. The number of rotatable bonds is 4. The van der Waals surface area contributed by atoms with Crippen molar-refractivity contribution in [1.82, 2.24) is 10.2 Å². The van der Waals surface area contributed by atoms with Crippen LogP contribution in [0.5, 0.6) is 0 Å². The Balaban J connectivity index is 2.33. The van der Waals surface area contributed by atoms with Crippen molar-refractivity contribution < 1.29 is 9.72 Å². The maximum atomic E-state index is 12.7. The van der Waals surface area contributed by atoms with E-state index in [1.54, 1.807) is 30.0 Å². The Bertz CT molecular complexity index is 539. The Labute approximate surface area is 124 Å². The maximum absolute atomic E-state index is 12.7. The van der Waals surface area contributed by atoms with E-state index in [1.165, 1.54) is 0 Å². The molecule has 0 saturated carbocycles. The van der Waals surface area contributed by atoms with E-state index in [1.807, 2.05) is 6.92 Å². The zero-order valence-corrected chi connectivity index (χ0v) is 12.5. The Morgan fingerprint density at radius 1 is 1.52 bits per heavy atom. The highest BCUT2D eigenvalue weighted by Crippen LogP contribution is 2.25. The fourth-order valence-corrected chi connectivity index (χ4v) is 2.90. The molecule has 1 aliphatic heterocycles. The van der Waals surface area contributed by atoms with Crippen molar-refractivity contribution in [3.63, 3.8) is 0 Å². The van der Waals surface area contributed by atoms with Crippen LogP contribution in [-0.4, -0.2) is 41.4 Å². The van der Waals surface area contributed by atoms with Crippen molar-refractivity contribution in [1.29, 1.82) is 0 Å². The molecule has 0 bridgehead atoms. The molecule has 1 saturated heterocycles. The van der Waals surface area contributed by atoms with Crippen molar-refractivity contribution in [2.45, 2.75) is 32.7 Å². The third-order valence-corrected chi connectivity index (χ3v) is 3.96. The maximum Gasteiger partial charge on any atom is 0.285 e. The lowest BCUT2D eigenvalue weighted by atomic mass is 10.0. The minimum atomic E-state index is -0.463. The molecule has 1 N–H and O–H groups in total. The quantitative estimate of drug-likeness (QED) is 0.681. The predicted molar refractivity (Wildman–Crippen MR) is 80.4 cm³/mol. The molecule has 1 atom stereocenters. The molecule has 1 unspecified atom stereocenters. The predicted octanol–water partition coefficient (Wildman–Crippen LogP) is 2.12. The van der Waals surface area contributed by atoms with Crippen LogP contribution in [0.4, 0.5) is 5.69 Å². The molecule has 1 heterocycles. The van der Waals surface area contributed by atoms with Crippen LogP contribution in [0.1, 0.15) is 35.7 Å². The fraction of sp³-hybridized carbons (Fsp3) is 0.533. The summed E-state index contributed by atoms with van der Waals surface area (Å²) in [6.45, 7) is 5.84. The average molecular weight is 291 g/mol. The van der Waals surface area contributed by atoms with Gasteiger partial charge in [0, 0.05) is 24.7 Å². The van der Waals surface area contributed by atoms with E-state index in [0.29, 0.717) is 12.1 Å². The Kier molecular flexibility index (Phi) is 4.90. The van der Waals surface area contributed by atoms with E-state index in [-0.39, 0.29) is 23.2 Å². The lowest BCUT2D eigenvalue weighted by molar-refractivity contribution is -0.385. The van der Waals surface area contributed by atoms with E-state index in [2.05, 4.69) is 5.32 Å². The van der Waals surface area contributed by atoms with Crippen molar-refractivity contribution in [3.8, 4) is 0 Å². The fourth-order valence-electron chi connectivity index (χ4n) is 2.90. The summed E-state index contributed by atoms with van der Waals surface area (Å²) < 4.78 is 0. The number of nitro groups is 1. The van der Waals surface area contributed by atoms with Gasteiger partial charge in [-0.2, -0.15) is 0 Å². The molecule has 0 aliphatic carbocycles. The number of piperidine rings is 1. The highest BCUT2D eigenvalue weighted by Gasteiger charge is 2.30. The van der Waals surface area contributed by atoms with Crippen LogP contribution in [0.2, 0.25) is 0 Å². The molecule has 1 aromatic rings. The zero-order valence-electron chi connectivity index (χ0n) is 12.5. The highest BCUT2D eigenvalue weighted by atomic mass is 16.6. The number of nitrogens with zero attached hydrogens (tertiary/aromatic N) is 2. The summed E-state index contributed by atoms with van der Waals surface area (Å²) in [7, 11) is 0. The molecule has 1 aromatic carbocycles. The van der Waals surface area contributed by atoms with Crippen LogP contribution >= 0.6 is 0 Å². The Morgan fingerprint density at radius 2 is 2.29 bits per heavy atom. The summed E-state index contributed by atoms with van der Waals surface area (Å²) >= 11 is 0. The third-order valence-electron chi connectivity index (χ3n) is 3.96. The number of carbonyl (C=O) groups excluding carboxylic acids is 1. The normalized spacial score (nSPS) is 18.3. The molecular weight excluding hydrogens is 270 g/mol. The number of amides is 1. The van der Waals surface area contributed by atoms with Gasteiger partial charge in [-0.3, -0.25) is 14.9 Å². The monoisotopic (exact) mass is 291 g/mol. The van der Waals surface area contributed by atoms with Gasteiger partial charge in [0.25, 0.3) is 11.6 Å². The number of carbonyl (C=O) groups is 1. The van der Waals surface area contributed by atoms with Crippen LogP contribution in [-0.2, 0) is 0 Å². The number of hydrogen-bond acceptors (Lipinski definition) is 4. The standard InChI is InChI=1S/C15H21N3O3/c1-3-17(12-7-5-9-16-10-12)15(19)13-8-4-6-11(2)14(13)18(20)21/h4,6,8,12,16H,3,5,7,9-10H2,1-2H3. The first-order valence-corrected chi connectivity index (χ1v) is 7.32. The van der Waals surface area contributed by atoms with Gasteiger partial charge in [-0.05, 0) is 39.3 Å². The molecule has 114 valence electrons. The van der Waals surface area contributed by atoms with E-state index in [0.717, 1.165) is 25.9 Å². The topological polar surface area (TPSA) is 75.5 Å². The summed E-state index contributed by atoms with van der Waals surface area (Å²) in [5, 5.41) is 14.5. The zero-order chi connectivity index (χ0) is 15.4. The Morgan fingerprint density at radius 3 is 2.86 bits per heavy atom. The van der Waals surface area contributed by atoms with Crippen LogP contribution in [0, 0.1) is 17.0 Å². The van der Waals surface area contributed by atoms with Crippen molar-refractivity contribution >= 4 is 11.6 Å². The average Bonchev–Trinajstić information content (AvgIpc) is 2.48. The molecule has 0 aromatic heterocycles. The molecule has 0 radical (unpaired) electrons. The van der Waals surface area contributed by atoms with E-state index < -0.39 is 4.92 Å². The number of likely N-dealkylation sites (N-methyl/N-ethyl adjacent to an activating group) is 1. The second kappa shape index (κ2) is 6.67. The minimum Gasteiger partial charge on any atom is -0.334 e. The smallest absolute Gasteiger partial charge is 0.285 e. The highest BCUT2D eigenvalue weighted by molar-refractivity contribution is 5.98. The first-order valence-electron chi connectivity index (χ1n) is 7.32. The Hall–Kier alpha value is -1.95. The third kappa shape index (κ3) is 3.21. The lowest BCUT2D eigenvalue weighted by Gasteiger charge is -2.34. The van der Waals surface area contributed by atoms with Gasteiger partial charge in [-0.25, -0.2) is 0 Å². The van der Waals surface area contributed by atoms with Crippen LogP contribution < -0.4 is 5.32 Å². The molecule has 6 nitrogen and oxygen atoms in total. The van der Waals surface area contributed by atoms with Crippen molar-refractivity contribution in [2.24, 2.45) is 0 Å². The summed E-state index contributed by atoms with van der Waals surface area (Å²) in [5.41, 5.74) is 0.626. The largest absolute Gasteiger partial charge is 0.334 e. The van der Waals surface area contributed by atoms with Gasteiger partial charge in [0.05, 0.1) is 4.92 Å². The summed E-state index contributed by atoms with van der Waals surface area (Å²) in [5.74, 6) is -0.249. The van der Waals surface area contributed by atoms with Gasteiger partial charge in [0.15, 0.2) is 0 Å². The van der Waals surface area contributed by atoms with Crippen molar-refractivity contribution in [2.75, 3.05) is 19.6 Å². The first kappa shape index (κ1) is 15.4. The van der Waals surface area contributed by atoms with Gasteiger partial charge < -0.3 is 10.2 Å². The van der Waals surface area contributed by atoms with Crippen LogP contribution in [0.3, 0.4) is 0 Å². The number of hydrogen-bond donors (Lipinski definition) is 1. The summed E-state index contributed by atoms with van der Waals surface area (Å²) in [6, 6.07) is 5.01. The SMILES string of the molecule is CCN(C(=O)c1cccc(C)c1[N+](=O)[O-])C1CCCNC1. The van der Waals surface area contributed by atoms with Gasteiger partial charge in [0.2, 0.25) is 0 Å². The number of nitrogens with one attached hydrogen (secondary N) is 1. The lowest BCUT2D eigenvalue weighted by Crippen LogP contribution is -2.48. The van der Waals surface area contributed by atoms with Gasteiger partial charge >= 0.3 is 0 Å². The van der Waals surface area contributed by atoms with Crippen LogP contribution in [0.25, 0.3) is 0 Å². The molecule has 6 heteroatoms. The van der Waals surface area contributed by atoms with Crippen LogP contribution in [0.15, 0.2) is 18.2 Å². The summed E-state index contributed by atoms with van der Waals surface area (Å²) in [4.78, 5) is 25.3. The second-order valence-corrected chi connectivity index (χ2v) is 5.32. The van der Waals surface area contributed by atoms with E-state index in [4.69, 9.17) is 0 Å². The minimum absolute atomic E-state index is 0.0790. The van der Waals surface area contributed by atoms with Gasteiger partial charge in [-0.1, -0.05) is 12.1 Å². The number of para-hydroxylation sites is 1. The van der Waals surface area contributed by atoms with E-state index in [9.17, 15) is 14.9 Å². The van der Waals surface area contributed by atoms with Crippen molar-refractivity contribution in [3.05, 3.63) is 39.4 Å². The molecule has 1 amide bonds. The molecular formula is C15H21N3O3. The summed E-state index contributed by atoms with van der Waals surface area (Å²) in [6.07, 6.45) is 1.95. The molecule has 1 fully saturated rings.